The molecule has 0 radical (unpaired) electrons. The Bertz CT molecular complexity index is 638. The van der Waals surface area contributed by atoms with Crippen molar-refractivity contribution >= 4 is 15.7 Å². The molecule has 1 saturated heterocycles. The van der Waals surface area contributed by atoms with E-state index in [1.54, 1.807) is 0 Å². The Morgan fingerprint density at radius 2 is 1.81 bits per heavy atom. The summed E-state index contributed by atoms with van der Waals surface area (Å²) in [6.45, 7) is 2.04. The molecule has 0 aliphatic carbocycles. The molecule has 0 unspecified atom stereocenters. The number of sulfonamides is 1. The van der Waals surface area contributed by atoms with Gasteiger partial charge >= 0.3 is 6.18 Å². The molecule has 1 fully saturated rings. The molecule has 0 bridgehead atoms. The van der Waals surface area contributed by atoms with Crippen molar-refractivity contribution in [3.05, 3.63) is 23.3 Å². The SMILES string of the molecule is Cc1c(N)cc(C(F)(F)F)cc1S(=O)(=O)N1CCOCC1. The number of hydrogen-bond acceptors (Lipinski definition) is 4. The molecule has 2 N–H and O–H groups in total. The lowest BCUT2D eigenvalue weighted by Crippen LogP contribution is -2.41. The molecule has 0 saturated carbocycles. The van der Waals surface area contributed by atoms with Crippen molar-refractivity contribution in [2.24, 2.45) is 0 Å². The van der Waals surface area contributed by atoms with Gasteiger partial charge in [0, 0.05) is 18.8 Å². The summed E-state index contributed by atoms with van der Waals surface area (Å²) in [5.41, 5.74) is 4.39. The number of morpholine rings is 1. The number of hydrogen-bond donors (Lipinski definition) is 1. The van der Waals surface area contributed by atoms with Gasteiger partial charge < -0.3 is 10.5 Å². The lowest BCUT2D eigenvalue weighted by Gasteiger charge is -2.27. The van der Waals surface area contributed by atoms with Crippen molar-refractivity contribution in [3.8, 4) is 0 Å². The predicted molar refractivity (Wildman–Crippen MR) is 70.2 cm³/mol. The van der Waals surface area contributed by atoms with Crippen LogP contribution in [-0.2, 0) is 20.9 Å². The summed E-state index contributed by atoms with van der Waals surface area (Å²) >= 11 is 0. The van der Waals surface area contributed by atoms with Gasteiger partial charge in [0.1, 0.15) is 0 Å². The zero-order valence-corrected chi connectivity index (χ0v) is 12.1. The van der Waals surface area contributed by atoms with Gasteiger partial charge in [-0.25, -0.2) is 8.42 Å². The highest BCUT2D eigenvalue weighted by Gasteiger charge is 2.35. The largest absolute Gasteiger partial charge is 0.416 e. The van der Waals surface area contributed by atoms with E-state index in [1.807, 2.05) is 0 Å². The first-order valence-corrected chi connectivity index (χ1v) is 7.63. The Kier molecular flexibility index (Phi) is 4.18. The lowest BCUT2D eigenvalue weighted by atomic mass is 10.1. The van der Waals surface area contributed by atoms with Crippen molar-refractivity contribution < 1.29 is 26.3 Å². The van der Waals surface area contributed by atoms with Crippen LogP contribution in [0.25, 0.3) is 0 Å². The minimum Gasteiger partial charge on any atom is -0.398 e. The fraction of sp³-hybridized carbons (Fsp3) is 0.500. The van der Waals surface area contributed by atoms with Crippen LogP contribution >= 0.6 is 0 Å². The topological polar surface area (TPSA) is 72.6 Å². The highest BCUT2D eigenvalue weighted by atomic mass is 32.2. The van der Waals surface area contributed by atoms with Crippen molar-refractivity contribution in [1.82, 2.24) is 4.31 Å². The monoisotopic (exact) mass is 324 g/mol. The van der Waals surface area contributed by atoms with Crippen LogP contribution in [0, 0.1) is 6.92 Å². The average Bonchev–Trinajstić information content (AvgIpc) is 2.41. The second kappa shape index (κ2) is 5.47. The minimum absolute atomic E-state index is 0.109. The molecule has 1 aliphatic rings. The van der Waals surface area contributed by atoms with Crippen molar-refractivity contribution in [2.45, 2.75) is 18.0 Å². The average molecular weight is 324 g/mol. The van der Waals surface area contributed by atoms with Gasteiger partial charge in [-0.15, -0.1) is 0 Å². The third-order valence-electron chi connectivity index (χ3n) is 3.32. The minimum atomic E-state index is -4.66. The van der Waals surface area contributed by atoms with E-state index in [-0.39, 0.29) is 37.6 Å². The number of halogens is 3. The molecular weight excluding hydrogens is 309 g/mol. The molecule has 118 valence electrons. The number of nitrogen functional groups attached to an aromatic ring is 1. The van der Waals surface area contributed by atoms with Crippen LogP contribution in [0.5, 0.6) is 0 Å². The third-order valence-corrected chi connectivity index (χ3v) is 5.34. The maximum atomic E-state index is 12.8. The fourth-order valence-corrected chi connectivity index (χ4v) is 3.76. The Morgan fingerprint density at radius 1 is 1.24 bits per heavy atom. The van der Waals surface area contributed by atoms with Gasteiger partial charge in [-0.2, -0.15) is 17.5 Å². The summed E-state index contributed by atoms with van der Waals surface area (Å²) < 4.78 is 69.6. The van der Waals surface area contributed by atoms with E-state index in [9.17, 15) is 21.6 Å². The van der Waals surface area contributed by atoms with Crippen LogP contribution < -0.4 is 5.73 Å². The van der Waals surface area contributed by atoms with E-state index in [0.29, 0.717) is 6.07 Å². The van der Waals surface area contributed by atoms with E-state index in [1.165, 1.54) is 6.92 Å². The Morgan fingerprint density at radius 3 is 2.33 bits per heavy atom. The Balaban J connectivity index is 2.54. The number of nitrogens with two attached hydrogens (primary N) is 1. The van der Waals surface area contributed by atoms with E-state index < -0.39 is 26.7 Å². The molecule has 0 amide bonds. The Labute approximate surface area is 120 Å². The molecule has 0 atom stereocenters. The van der Waals surface area contributed by atoms with E-state index >= 15 is 0 Å². The highest BCUT2D eigenvalue weighted by molar-refractivity contribution is 7.89. The maximum absolute atomic E-state index is 12.8. The van der Waals surface area contributed by atoms with Crippen LogP contribution in [0.3, 0.4) is 0 Å². The van der Waals surface area contributed by atoms with Gasteiger partial charge in [0.15, 0.2) is 0 Å². The normalized spacial score (nSPS) is 17.9. The first-order valence-electron chi connectivity index (χ1n) is 6.19. The molecule has 0 aromatic heterocycles. The van der Waals surface area contributed by atoms with Crippen LogP contribution in [0.1, 0.15) is 11.1 Å². The first-order chi connectivity index (χ1) is 9.64. The summed E-state index contributed by atoms with van der Waals surface area (Å²) in [6.07, 6.45) is -4.66. The number of anilines is 1. The number of nitrogens with zero attached hydrogens (tertiary/aromatic N) is 1. The second-order valence-corrected chi connectivity index (χ2v) is 6.61. The zero-order chi connectivity index (χ0) is 15.8. The fourth-order valence-electron chi connectivity index (χ4n) is 2.07. The smallest absolute Gasteiger partial charge is 0.398 e. The predicted octanol–water partition coefficient (Wildman–Crippen LogP) is 1.62. The first kappa shape index (κ1) is 16.1. The third kappa shape index (κ3) is 3.14. The lowest BCUT2D eigenvalue weighted by molar-refractivity contribution is -0.137. The Hall–Kier alpha value is -1.32. The van der Waals surface area contributed by atoms with Crippen LogP contribution in [0.15, 0.2) is 17.0 Å². The summed E-state index contributed by atoms with van der Waals surface area (Å²) in [4.78, 5) is -0.406. The van der Waals surface area contributed by atoms with Gasteiger partial charge in [0.05, 0.1) is 23.7 Å². The van der Waals surface area contributed by atoms with Crippen molar-refractivity contribution in [3.63, 3.8) is 0 Å². The molecule has 5 nitrogen and oxygen atoms in total. The van der Waals surface area contributed by atoms with Gasteiger partial charge in [-0.3, -0.25) is 0 Å². The van der Waals surface area contributed by atoms with Crippen molar-refractivity contribution in [1.29, 1.82) is 0 Å². The molecule has 1 heterocycles. The summed E-state index contributed by atoms with van der Waals surface area (Å²) in [6, 6.07) is 1.38. The van der Waals surface area contributed by atoms with Crippen LogP contribution in [0.4, 0.5) is 18.9 Å². The standard InChI is InChI=1S/C12H15F3N2O3S/c1-8-10(16)6-9(12(13,14)15)7-11(8)21(18,19)17-2-4-20-5-3-17/h6-7H,2-5,16H2,1H3. The molecule has 2 rings (SSSR count). The second-order valence-electron chi connectivity index (χ2n) is 4.70. The molecule has 0 spiro atoms. The van der Waals surface area contributed by atoms with Crippen molar-refractivity contribution in [2.75, 3.05) is 32.0 Å². The van der Waals surface area contributed by atoms with Crippen LogP contribution in [0.2, 0.25) is 0 Å². The molecule has 1 aromatic carbocycles. The molecule has 9 heteroatoms. The number of benzene rings is 1. The van der Waals surface area contributed by atoms with Gasteiger partial charge in [0.25, 0.3) is 0 Å². The van der Waals surface area contributed by atoms with E-state index in [4.69, 9.17) is 10.5 Å². The van der Waals surface area contributed by atoms with Gasteiger partial charge in [0.2, 0.25) is 10.0 Å². The zero-order valence-electron chi connectivity index (χ0n) is 11.3. The molecule has 1 aliphatic heterocycles. The van der Waals surface area contributed by atoms with Crippen LogP contribution in [-0.4, -0.2) is 39.0 Å². The number of alkyl halides is 3. The van der Waals surface area contributed by atoms with Gasteiger partial charge in [-0.05, 0) is 24.6 Å². The van der Waals surface area contributed by atoms with E-state index in [0.717, 1.165) is 10.4 Å². The molecule has 1 aromatic rings. The quantitative estimate of drug-likeness (QED) is 0.839. The van der Waals surface area contributed by atoms with E-state index in [2.05, 4.69) is 0 Å². The molecule has 21 heavy (non-hydrogen) atoms. The number of rotatable bonds is 2. The maximum Gasteiger partial charge on any atom is 0.416 e. The summed E-state index contributed by atoms with van der Waals surface area (Å²) in [5, 5.41) is 0. The van der Waals surface area contributed by atoms with Gasteiger partial charge in [-0.1, -0.05) is 0 Å². The highest BCUT2D eigenvalue weighted by Crippen LogP contribution is 2.35. The molecular formula is C12H15F3N2O3S. The summed E-state index contributed by atoms with van der Waals surface area (Å²) in [5.74, 6) is 0. The summed E-state index contributed by atoms with van der Waals surface area (Å²) in [7, 11) is -4.02. The number of ether oxygens (including phenoxy) is 1.